The van der Waals surface area contributed by atoms with Gasteiger partial charge in [-0.2, -0.15) is 0 Å². The molecular formula is C9H18N2O4. The quantitative estimate of drug-likeness (QED) is 0.389. The molecule has 88 valence electrons. The van der Waals surface area contributed by atoms with Crippen LogP contribution in [0.3, 0.4) is 0 Å². The van der Waals surface area contributed by atoms with E-state index in [1.165, 1.54) is 0 Å². The second kappa shape index (κ2) is 8.19. The molecule has 1 amide bonds. The van der Waals surface area contributed by atoms with E-state index in [9.17, 15) is 9.59 Å². The van der Waals surface area contributed by atoms with Gasteiger partial charge in [0.25, 0.3) is 0 Å². The van der Waals surface area contributed by atoms with E-state index < -0.39 is 12.1 Å². The molecule has 0 saturated heterocycles. The van der Waals surface area contributed by atoms with Crippen LogP contribution in [0.4, 0.5) is 0 Å². The molecule has 0 rings (SSSR count). The molecule has 0 spiro atoms. The monoisotopic (exact) mass is 218 g/mol. The number of carbonyl (C=O) groups is 2. The number of carboxylic acid groups (broad SMARTS) is 1. The Hall–Kier alpha value is -1.14. The Kier molecular flexibility index (Phi) is 7.57. The fraction of sp³-hybridized carbons (Fsp3) is 0.778. The number of aliphatic hydroxyl groups is 1. The summed E-state index contributed by atoms with van der Waals surface area (Å²) in [6, 6.07) is 0. The van der Waals surface area contributed by atoms with Crippen molar-refractivity contribution in [3.63, 3.8) is 0 Å². The standard InChI is InChI=1S/C9H18N2O4/c1-10-5-2-3-8(13)11-6-4-7(12)9(14)15/h7,10,12H,2-6H2,1H3,(H,11,13)(H,14,15)/t7-/m0/s1. The number of nitrogens with one attached hydrogen (secondary N) is 2. The highest BCUT2D eigenvalue weighted by Gasteiger charge is 2.12. The molecule has 0 aliphatic heterocycles. The van der Waals surface area contributed by atoms with E-state index in [1.807, 2.05) is 0 Å². The Morgan fingerprint density at radius 2 is 2.00 bits per heavy atom. The van der Waals surface area contributed by atoms with Crippen LogP contribution >= 0.6 is 0 Å². The third-order valence-corrected chi connectivity index (χ3v) is 1.86. The van der Waals surface area contributed by atoms with Crippen LogP contribution in [-0.4, -0.2) is 48.3 Å². The number of aliphatic hydroxyl groups excluding tert-OH is 1. The van der Waals surface area contributed by atoms with Gasteiger partial charge < -0.3 is 20.8 Å². The summed E-state index contributed by atoms with van der Waals surface area (Å²) in [6.45, 7) is 0.955. The number of aliphatic carboxylic acids is 1. The largest absolute Gasteiger partial charge is 0.479 e. The normalized spacial score (nSPS) is 12.1. The predicted octanol–water partition coefficient (Wildman–Crippen LogP) is -1.06. The van der Waals surface area contributed by atoms with Crippen LogP contribution in [0.15, 0.2) is 0 Å². The molecule has 0 saturated carbocycles. The van der Waals surface area contributed by atoms with Crippen molar-refractivity contribution in [1.82, 2.24) is 10.6 Å². The third kappa shape index (κ3) is 7.90. The number of hydrogen-bond acceptors (Lipinski definition) is 4. The molecular weight excluding hydrogens is 200 g/mol. The van der Waals surface area contributed by atoms with Crippen LogP contribution in [0.25, 0.3) is 0 Å². The van der Waals surface area contributed by atoms with Crippen molar-refractivity contribution >= 4 is 11.9 Å². The molecule has 0 aliphatic carbocycles. The van der Waals surface area contributed by atoms with Crippen molar-refractivity contribution in [3.8, 4) is 0 Å². The Labute approximate surface area is 88.7 Å². The lowest BCUT2D eigenvalue weighted by molar-refractivity contribution is -0.147. The predicted molar refractivity (Wildman–Crippen MR) is 54.4 cm³/mol. The van der Waals surface area contributed by atoms with Gasteiger partial charge >= 0.3 is 5.97 Å². The van der Waals surface area contributed by atoms with Crippen molar-refractivity contribution in [2.45, 2.75) is 25.4 Å². The summed E-state index contributed by atoms with van der Waals surface area (Å²) in [7, 11) is 1.81. The summed E-state index contributed by atoms with van der Waals surface area (Å²) in [5.41, 5.74) is 0. The second-order valence-electron chi connectivity index (χ2n) is 3.20. The lowest BCUT2D eigenvalue weighted by Crippen LogP contribution is -2.30. The molecule has 0 aromatic rings. The minimum Gasteiger partial charge on any atom is -0.479 e. The van der Waals surface area contributed by atoms with Crippen LogP contribution in [0.1, 0.15) is 19.3 Å². The number of amides is 1. The van der Waals surface area contributed by atoms with Gasteiger partial charge in [0.05, 0.1) is 0 Å². The minimum absolute atomic E-state index is 0.0348. The lowest BCUT2D eigenvalue weighted by Gasteiger charge is -2.07. The average molecular weight is 218 g/mol. The van der Waals surface area contributed by atoms with E-state index >= 15 is 0 Å². The zero-order chi connectivity index (χ0) is 11.7. The first-order chi connectivity index (χ1) is 7.07. The third-order valence-electron chi connectivity index (χ3n) is 1.86. The summed E-state index contributed by atoms with van der Waals surface area (Å²) in [4.78, 5) is 21.3. The maximum Gasteiger partial charge on any atom is 0.332 e. The molecule has 0 aromatic carbocycles. The molecule has 0 aromatic heterocycles. The van der Waals surface area contributed by atoms with E-state index in [1.54, 1.807) is 7.05 Å². The van der Waals surface area contributed by atoms with Crippen molar-refractivity contribution in [1.29, 1.82) is 0 Å². The number of hydrogen-bond donors (Lipinski definition) is 4. The maximum atomic E-state index is 11.1. The van der Waals surface area contributed by atoms with Gasteiger partial charge in [-0.3, -0.25) is 4.79 Å². The van der Waals surface area contributed by atoms with E-state index in [-0.39, 0.29) is 18.9 Å². The summed E-state index contributed by atoms with van der Waals surface area (Å²) in [5, 5.41) is 22.7. The van der Waals surface area contributed by atoms with Crippen molar-refractivity contribution in [3.05, 3.63) is 0 Å². The van der Waals surface area contributed by atoms with Crippen LogP contribution in [0, 0.1) is 0 Å². The van der Waals surface area contributed by atoms with Crippen LogP contribution in [0.5, 0.6) is 0 Å². The molecule has 4 N–H and O–H groups in total. The second-order valence-corrected chi connectivity index (χ2v) is 3.20. The van der Waals surface area contributed by atoms with Crippen LogP contribution < -0.4 is 10.6 Å². The van der Waals surface area contributed by atoms with Gasteiger partial charge in [-0.05, 0) is 20.0 Å². The molecule has 0 radical (unpaired) electrons. The lowest BCUT2D eigenvalue weighted by atomic mass is 10.2. The molecule has 6 nitrogen and oxygen atoms in total. The Morgan fingerprint density at radius 1 is 1.33 bits per heavy atom. The molecule has 1 atom stereocenters. The van der Waals surface area contributed by atoms with Gasteiger partial charge in [0, 0.05) is 19.4 Å². The van der Waals surface area contributed by atoms with Crippen molar-refractivity contribution < 1.29 is 19.8 Å². The first kappa shape index (κ1) is 13.9. The Morgan fingerprint density at radius 3 is 2.53 bits per heavy atom. The molecule has 0 heterocycles. The molecule has 0 unspecified atom stereocenters. The first-order valence-corrected chi connectivity index (χ1v) is 4.90. The van der Waals surface area contributed by atoms with E-state index in [2.05, 4.69) is 10.6 Å². The minimum atomic E-state index is -1.40. The summed E-state index contributed by atoms with van der Waals surface area (Å²) < 4.78 is 0. The smallest absolute Gasteiger partial charge is 0.332 e. The van der Waals surface area contributed by atoms with Gasteiger partial charge in [0.2, 0.25) is 5.91 Å². The van der Waals surface area contributed by atoms with E-state index in [4.69, 9.17) is 10.2 Å². The highest BCUT2D eigenvalue weighted by molar-refractivity contribution is 5.76. The highest BCUT2D eigenvalue weighted by atomic mass is 16.4. The first-order valence-electron chi connectivity index (χ1n) is 4.90. The van der Waals surface area contributed by atoms with Crippen molar-refractivity contribution in [2.24, 2.45) is 0 Å². The van der Waals surface area contributed by atoms with Crippen LogP contribution in [-0.2, 0) is 9.59 Å². The summed E-state index contributed by atoms with van der Waals surface area (Å²) in [6.07, 6.45) is -0.219. The van der Waals surface area contributed by atoms with Gasteiger partial charge in [-0.15, -0.1) is 0 Å². The van der Waals surface area contributed by atoms with Gasteiger partial charge in [0.1, 0.15) is 0 Å². The fourth-order valence-electron chi connectivity index (χ4n) is 0.986. The average Bonchev–Trinajstić information content (AvgIpc) is 2.18. The summed E-state index contributed by atoms with van der Waals surface area (Å²) >= 11 is 0. The topological polar surface area (TPSA) is 98.7 Å². The summed E-state index contributed by atoms with van der Waals surface area (Å²) in [5.74, 6) is -1.39. The maximum absolute atomic E-state index is 11.1. The Bertz CT molecular complexity index is 208. The molecule has 6 heteroatoms. The zero-order valence-corrected chi connectivity index (χ0v) is 8.82. The molecule has 0 fully saturated rings. The highest BCUT2D eigenvalue weighted by Crippen LogP contribution is 1.91. The molecule has 0 bridgehead atoms. The SMILES string of the molecule is CNCCCC(=O)NCC[C@H](O)C(=O)O. The van der Waals surface area contributed by atoms with E-state index in [0.29, 0.717) is 6.42 Å². The molecule has 15 heavy (non-hydrogen) atoms. The van der Waals surface area contributed by atoms with Gasteiger partial charge in [-0.1, -0.05) is 0 Å². The zero-order valence-electron chi connectivity index (χ0n) is 8.82. The fourth-order valence-corrected chi connectivity index (χ4v) is 0.986. The molecule has 0 aliphatic rings. The number of carboxylic acids is 1. The van der Waals surface area contributed by atoms with E-state index in [0.717, 1.165) is 13.0 Å². The van der Waals surface area contributed by atoms with Crippen LogP contribution in [0.2, 0.25) is 0 Å². The van der Waals surface area contributed by atoms with Crippen molar-refractivity contribution in [2.75, 3.05) is 20.1 Å². The number of carbonyl (C=O) groups excluding carboxylic acids is 1. The Balaban J connectivity index is 3.42. The number of rotatable bonds is 8. The van der Waals surface area contributed by atoms with Gasteiger partial charge in [-0.25, -0.2) is 4.79 Å². The van der Waals surface area contributed by atoms with Gasteiger partial charge in [0.15, 0.2) is 6.10 Å².